The van der Waals surface area contributed by atoms with Crippen LogP contribution < -0.4 is 11.4 Å². The van der Waals surface area contributed by atoms with Gasteiger partial charge in [0.25, 0.3) is 0 Å². The Bertz CT molecular complexity index is 965. The predicted octanol–water partition coefficient (Wildman–Crippen LogP) is 1.29. The van der Waals surface area contributed by atoms with E-state index in [4.69, 9.17) is 5.73 Å². The smallest absolute Gasteiger partial charge is 0.323 e. The normalized spacial score (nSPS) is 18.7. The lowest BCUT2D eigenvalue weighted by Gasteiger charge is -2.40. The van der Waals surface area contributed by atoms with Crippen LogP contribution in [0.4, 0.5) is 0 Å². The second-order valence-corrected chi connectivity index (χ2v) is 8.61. The van der Waals surface area contributed by atoms with Gasteiger partial charge in [-0.3, -0.25) is 9.59 Å². The van der Waals surface area contributed by atoms with Gasteiger partial charge in [0.05, 0.1) is 17.5 Å². The third-order valence-corrected chi connectivity index (χ3v) is 6.48. The number of piperidine rings is 2. The maximum absolute atomic E-state index is 12.8. The van der Waals surface area contributed by atoms with E-state index >= 15 is 0 Å². The molecule has 0 atom stereocenters. The zero-order valence-corrected chi connectivity index (χ0v) is 17.4. The highest BCUT2D eigenvalue weighted by Gasteiger charge is 2.27. The number of benzene rings is 1. The van der Waals surface area contributed by atoms with E-state index < -0.39 is 5.91 Å². The molecule has 2 amide bonds. The van der Waals surface area contributed by atoms with Gasteiger partial charge >= 0.3 is 5.69 Å². The third-order valence-electron chi connectivity index (χ3n) is 6.48. The van der Waals surface area contributed by atoms with E-state index in [1.807, 2.05) is 17.0 Å². The van der Waals surface area contributed by atoms with Crippen molar-refractivity contribution in [2.24, 2.45) is 5.73 Å². The fourth-order valence-electron chi connectivity index (χ4n) is 4.93. The van der Waals surface area contributed by atoms with Gasteiger partial charge in [-0.25, -0.2) is 4.79 Å². The molecule has 1 aromatic heterocycles. The Hall–Kier alpha value is -2.61. The van der Waals surface area contributed by atoms with E-state index in [2.05, 4.69) is 14.9 Å². The lowest BCUT2D eigenvalue weighted by Crippen LogP contribution is -2.48. The van der Waals surface area contributed by atoms with Crippen LogP contribution >= 0.6 is 0 Å². The first-order chi connectivity index (χ1) is 14.5. The average Bonchev–Trinajstić information content (AvgIpc) is 3.13. The monoisotopic (exact) mass is 413 g/mol. The van der Waals surface area contributed by atoms with E-state index in [0.717, 1.165) is 31.5 Å². The maximum atomic E-state index is 12.8. The van der Waals surface area contributed by atoms with Crippen molar-refractivity contribution in [3.05, 3.63) is 33.7 Å². The van der Waals surface area contributed by atoms with Crippen LogP contribution in [0.15, 0.2) is 16.9 Å². The molecule has 3 heterocycles. The number of aromatic nitrogens is 2. The number of aromatic amines is 2. The number of carbonyl (C=O) groups is 2. The van der Waals surface area contributed by atoms with Gasteiger partial charge in [0.15, 0.2) is 0 Å². The summed E-state index contributed by atoms with van der Waals surface area (Å²) >= 11 is 0. The number of imidazole rings is 1. The first-order valence-electron chi connectivity index (χ1n) is 11.0. The van der Waals surface area contributed by atoms with Gasteiger partial charge in [-0.1, -0.05) is 12.5 Å². The van der Waals surface area contributed by atoms with Crippen molar-refractivity contribution in [3.8, 4) is 0 Å². The largest absolute Gasteiger partial charge is 0.369 e. The first-order valence-corrected chi connectivity index (χ1v) is 11.0. The van der Waals surface area contributed by atoms with Gasteiger partial charge in [-0.05, 0) is 62.4 Å². The molecule has 0 saturated carbocycles. The molecule has 2 aromatic rings. The van der Waals surface area contributed by atoms with Crippen molar-refractivity contribution in [3.63, 3.8) is 0 Å². The highest BCUT2D eigenvalue weighted by atomic mass is 16.2. The van der Waals surface area contributed by atoms with E-state index in [9.17, 15) is 14.4 Å². The summed E-state index contributed by atoms with van der Waals surface area (Å²) in [6.07, 6.45) is 7.11. The summed E-state index contributed by atoms with van der Waals surface area (Å²) in [7, 11) is 0. The third kappa shape index (κ3) is 4.75. The SMILES string of the molecule is NC(=O)Cc1cc(CCC(=O)N2CCC(N3CCCCC3)CC2)cc2[nH]c(=O)[nH]c12. The molecule has 2 aliphatic rings. The number of H-pyrrole nitrogens is 2. The Morgan fingerprint density at radius 1 is 1.03 bits per heavy atom. The molecule has 2 saturated heterocycles. The van der Waals surface area contributed by atoms with E-state index in [1.54, 1.807) is 0 Å². The Kier molecular flexibility index (Phi) is 6.22. The van der Waals surface area contributed by atoms with Gasteiger partial charge in [-0.2, -0.15) is 0 Å². The van der Waals surface area contributed by atoms with E-state index in [-0.39, 0.29) is 18.0 Å². The molecule has 0 bridgehead atoms. The van der Waals surface area contributed by atoms with Gasteiger partial charge in [0, 0.05) is 25.6 Å². The molecule has 162 valence electrons. The van der Waals surface area contributed by atoms with Crippen LogP contribution in [0.25, 0.3) is 11.0 Å². The fourth-order valence-corrected chi connectivity index (χ4v) is 4.93. The summed E-state index contributed by atoms with van der Waals surface area (Å²) in [5.74, 6) is -0.283. The van der Waals surface area contributed by atoms with Gasteiger partial charge in [-0.15, -0.1) is 0 Å². The second kappa shape index (κ2) is 9.04. The molecule has 8 nitrogen and oxygen atoms in total. The van der Waals surface area contributed by atoms with Crippen molar-refractivity contribution >= 4 is 22.8 Å². The van der Waals surface area contributed by atoms with Crippen LogP contribution in [-0.4, -0.2) is 63.8 Å². The number of nitrogens with one attached hydrogen (secondary N) is 2. The average molecular weight is 414 g/mol. The molecule has 4 rings (SSSR count). The molecular weight excluding hydrogens is 382 g/mol. The molecule has 1 aromatic carbocycles. The number of carbonyl (C=O) groups excluding carboxylic acids is 2. The molecule has 2 aliphatic heterocycles. The van der Waals surface area contributed by atoms with Crippen molar-refractivity contribution in [2.45, 2.75) is 57.4 Å². The quantitative estimate of drug-likeness (QED) is 0.662. The number of nitrogens with zero attached hydrogens (tertiary/aromatic N) is 2. The highest BCUT2D eigenvalue weighted by molar-refractivity contribution is 5.86. The summed E-state index contributed by atoms with van der Waals surface area (Å²) in [6, 6.07) is 4.36. The Morgan fingerprint density at radius 2 is 1.77 bits per heavy atom. The molecule has 2 fully saturated rings. The summed E-state index contributed by atoms with van der Waals surface area (Å²) in [5.41, 5.74) is 7.89. The first kappa shape index (κ1) is 20.7. The summed E-state index contributed by atoms with van der Waals surface area (Å²) in [6.45, 7) is 4.07. The number of rotatable bonds is 6. The number of nitrogens with two attached hydrogens (primary N) is 1. The molecule has 0 unspecified atom stereocenters. The van der Waals surface area contributed by atoms with Crippen molar-refractivity contribution < 1.29 is 9.59 Å². The number of primary amides is 1. The standard InChI is InChI=1S/C22H31N5O3/c23-19(28)14-16-12-15(13-18-21(16)25-22(30)24-18)4-5-20(29)27-10-6-17(7-11-27)26-8-2-1-3-9-26/h12-13,17H,1-11,14H2,(H2,23,28)(H2,24,25,30). The van der Waals surface area contributed by atoms with E-state index in [0.29, 0.717) is 35.5 Å². The summed E-state index contributed by atoms with van der Waals surface area (Å²) < 4.78 is 0. The maximum Gasteiger partial charge on any atom is 0.323 e. The lowest BCUT2D eigenvalue weighted by atomic mass is 9.99. The molecule has 4 N–H and O–H groups in total. The minimum absolute atomic E-state index is 0.0517. The van der Waals surface area contributed by atoms with Crippen LogP contribution in [0, 0.1) is 0 Å². The van der Waals surface area contributed by atoms with Gasteiger partial charge in [0.2, 0.25) is 11.8 Å². The topological polar surface area (TPSA) is 115 Å². The van der Waals surface area contributed by atoms with Crippen molar-refractivity contribution in [2.75, 3.05) is 26.2 Å². The molecule has 0 spiro atoms. The predicted molar refractivity (Wildman–Crippen MR) is 115 cm³/mol. The minimum Gasteiger partial charge on any atom is -0.369 e. The lowest BCUT2D eigenvalue weighted by molar-refractivity contribution is -0.132. The van der Waals surface area contributed by atoms with Crippen LogP contribution in [0.2, 0.25) is 0 Å². The minimum atomic E-state index is -0.455. The van der Waals surface area contributed by atoms with Crippen molar-refractivity contribution in [1.29, 1.82) is 0 Å². The van der Waals surface area contributed by atoms with Crippen LogP contribution in [0.1, 0.15) is 49.7 Å². The van der Waals surface area contributed by atoms with Crippen LogP contribution in [0.5, 0.6) is 0 Å². The summed E-state index contributed by atoms with van der Waals surface area (Å²) in [5, 5.41) is 0. The Morgan fingerprint density at radius 3 is 2.47 bits per heavy atom. The molecule has 30 heavy (non-hydrogen) atoms. The number of fused-ring (bicyclic) bond motifs is 1. The van der Waals surface area contributed by atoms with Crippen LogP contribution in [-0.2, 0) is 22.4 Å². The Balaban J connectivity index is 1.35. The van der Waals surface area contributed by atoms with Crippen LogP contribution in [0.3, 0.4) is 0 Å². The number of hydrogen-bond acceptors (Lipinski definition) is 4. The molecular formula is C22H31N5O3. The number of amides is 2. The molecule has 0 radical (unpaired) electrons. The number of likely N-dealkylation sites (tertiary alicyclic amines) is 2. The Labute approximate surface area is 175 Å². The van der Waals surface area contributed by atoms with Gasteiger partial charge < -0.3 is 25.5 Å². The zero-order chi connectivity index (χ0) is 21.1. The van der Waals surface area contributed by atoms with Gasteiger partial charge in [0.1, 0.15) is 0 Å². The second-order valence-electron chi connectivity index (χ2n) is 8.61. The molecule has 0 aliphatic carbocycles. The fraction of sp³-hybridized carbons (Fsp3) is 0.591. The van der Waals surface area contributed by atoms with E-state index in [1.165, 1.54) is 32.4 Å². The zero-order valence-electron chi connectivity index (χ0n) is 17.4. The van der Waals surface area contributed by atoms with Crippen molar-refractivity contribution in [1.82, 2.24) is 19.8 Å². The highest BCUT2D eigenvalue weighted by Crippen LogP contribution is 2.22. The molecule has 8 heteroatoms. The summed E-state index contributed by atoms with van der Waals surface area (Å²) in [4.78, 5) is 45.9. The number of hydrogen-bond donors (Lipinski definition) is 3. The number of aryl methyl sites for hydroxylation is 1.